The molecule has 5 aromatic rings. The molecular formula is C25H18ClN5O. The van der Waals surface area contributed by atoms with Crippen molar-refractivity contribution >= 4 is 50.7 Å². The zero-order valence-corrected chi connectivity index (χ0v) is 17.7. The molecule has 0 aliphatic carbocycles. The number of halogens is 1. The molecule has 6 nitrogen and oxygen atoms in total. The van der Waals surface area contributed by atoms with Gasteiger partial charge in [0.05, 0.1) is 5.52 Å². The lowest BCUT2D eigenvalue weighted by Gasteiger charge is -2.12. The van der Waals surface area contributed by atoms with Crippen molar-refractivity contribution in [2.45, 2.75) is 6.54 Å². The van der Waals surface area contributed by atoms with Crippen LogP contribution in [0, 0.1) is 0 Å². The Hall–Kier alpha value is -4.03. The molecule has 7 heteroatoms. The van der Waals surface area contributed by atoms with Crippen LogP contribution in [0.1, 0.15) is 15.9 Å². The lowest BCUT2D eigenvalue weighted by atomic mass is 10.1. The van der Waals surface area contributed by atoms with Gasteiger partial charge >= 0.3 is 0 Å². The van der Waals surface area contributed by atoms with Crippen LogP contribution >= 0.6 is 11.6 Å². The zero-order valence-electron chi connectivity index (χ0n) is 16.9. The average Bonchev–Trinajstić information content (AvgIpc) is 2.83. The number of nitrogens with one attached hydrogen (secondary N) is 2. The molecule has 2 aromatic carbocycles. The van der Waals surface area contributed by atoms with Gasteiger partial charge in [-0.05, 0) is 48.0 Å². The van der Waals surface area contributed by atoms with Crippen LogP contribution < -0.4 is 10.6 Å². The number of hydrogen-bond acceptors (Lipinski definition) is 5. The summed E-state index contributed by atoms with van der Waals surface area (Å²) in [4.78, 5) is 25.9. The van der Waals surface area contributed by atoms with Gasteiger partial charge in [0.1, 0.15) is 5.82 Å². The Morgan fingerprint density at radius 1 is 0.875 bits per heavy atom. The van der Waals surface area contributed by atoms with Gasteiger partial charge in [0, 0.05) is 63.8 Å². The molecule has 1 amide bonds. The second-order valence-electron chi connectivity index (χ2n) is 7.29. The van der Waals surface area contributed by atoms with Gasteiger partial charge in [-0.1, -0.05) is 29.8 Å². The van der Waals surface area contributed by atoms with Crippen LogP contribution in [0.4, 0.5) is 11.5 Å². The normalized spacial score (nSPS) is 10.9. The highest BCUT2D eigenvalue weighted by molar-refractivity contribution is 6.30. The summed E-state index contributed by atoms with van der Waals surface area (Å²) in [7, 11) is 0. The van der Waals surface area contributed by atoms with E-state index in [-0.39, 0.29) is 5.91 Å². The minimum atomic E-state index is -0.173. The van der Waals surface area contributed by atoms with E-state index >= 15 is 0 Å². The molecule has 0 unspecified atom stereocenters. The molecule has 5 rings (SSSR count). The summed E-state index contributed by atoms with van der Waals surface area (Å²) < 4.78 is 0. The fraction of sp³-hybridized carbons (Fsp3) is 0.0400. The number of fused-ring (bicyclic) bond motifs is 3. The summed E-state index contributed by atoms with van der Waals surface area (Å²) in [5, 5.41) is 9.71. The topological polar surface area (TPSA) is 79.8 Å². The van der Waals surface area contributed by atoms with Crippen LogP contribution in [-0.2, 0) is 6.54 Å². The first-order valence-corrected chi connectivity index (χ1v) is 10.4. The fourth-order valence-electron chi connectivity index (χ4n) is 3.57. The van der Waals surface area contributed by atoms with E-state index in [1.807, 2.05) is 54.7 Å². The average molecular weight is 440 g/mol. The molecule has 2 N–H and O–H groups in total. The molecule has 0 saturated heterocycles. The Bertz CT molecular complexity index is 1440. The van der Waals surface area contributed by atoms with Gasteiger partial charge in [0.2, 0.25) is 0 Å². The van der Waals surface area contributed by atoms with E-state index in [4.69, 9.17) is 16.6 Å². The SMILES string of the molecule is O=C(NCc1cccnc1)c1ccc2c(c1)nc(Nc1cccc(Cl)c1)c1ccncc12. The van der Waals surface area contributed by atoms with Gasteiger partial charge in [-0.15, -0.1) is 0 Å². The first-order valence-electron chi connectivity index (χ1n) is 10.0. The monoisotopic (exact) mass is 439 g/mol. The van der Waals surface area contributed by atoms with Crippen molar-refractivity contribution in [2.24, 2.45) is 0 Å². The van der Waals surface area contributed by atoms with Crippen molar-refractivity contribution in [1.82, 2.24) is 20.3 Å². The molecule has 3 heterocycles. The smallest absolute Gasteiger partial charge is 0.251 e. The Kier molecular flexibility index (Phi) is 5.35. The predicted octanol–water partition coefficient (Wildman–Crippen LogP) is 5.51. The number of carbonyl (C=O) groups is 1. The van der Waals surface area contributed by atoms with Crippen LogP contribution in [-0.4, -0.2) is 20.9 Å². The van der Waals surface area contributed by atoms with Crippen LogP contribution in [0.25, 0.3) is 21.7 Å². The summed E-state index contributed by atoms with van der Waals surface area (Å²) >= 11 is 6.14. The minimum absolute atomic E-state index is 0.173. The van der Waals surface area contributed by atoms with E-state index in [1.165, 1.54) is 0 Å². The molecule has 156 valence electrons. The van der Waals surface area contributed by atoms with E-state index in [1.54, 1.807) is 30.7 Å². The fourth-order valence-corrected chi connectivity index (χ4v) is 3.77. The molecule has 0 fully saturated rings. The zero-order chi connectivity index (χ0) is 21.9. The van der Waals surface area contributed by atoms with E-state index in [0.717, 1.165) is 27.4 Å². The highest BCUT2D eigenvalue weighted by atomic mass is 35.5. The lowest BCUT2D eigenvalue weighted by molar-refractivity contribution is 0.0951. The Morgan fingerprint density at radius 2 is 1.78 bits per heavy atom. The highest BCUT2D eigenvalue weighted by Gasteiger charge is 2.12. The Morgan fingerprint density at radius 3 is 2.62 bits per heavy atom. The maximum absolute atomic E-state index is 12.7. The van der Waals surface area contributed by atoms with Crippen LogP contribution in [0.5, 0.6) is 0 Å². The number of pyridine rings is 3. The molecule has 0 saturated carbocycles. The molecule has 32 heavy (non-hydrogen) atoms. The number of anilines is 2. The van der Waals surface area contributed by atoms with Crippen molar-refractivity contribution in [1.29, 1.82) is 0 Å². The second kappa shape index (κ2) is 8.61. The molecule has 0 aliphatic rings. The first kappa shape index (κ1) is 19.9. The number of aromatic nitrogens is 3. The molecule has 0 aliphatic heterocycles. The van der Waals surface area contributed by atoms with Gasteiger partial charge in [-0.2, -0.15) is 0 Å². The van der Waals surface area contributed by atoms with Gasteiger partial charge in [-0.25, -0.2) is 4.98 Å². The number of hydrogen-bond donors (Lipinski definition) is 2. The van der Waals surface area contributed by atoms with Crippen LogP contribution in [0.3, 0.4) is 0 Å². The number of amides is 1. The maximum atomic E-state index is 12.7. The number of nitrogens with zero attached hydrogens (tertiary/aromatic N) is 3. The summed E-state index contributed by atoms with van der Waals surface area (Å²) in [6.45, 7) is 0.404. The van der Waals surface area contributed by atoms with E-state index < -0.39 is 0 Å². The molecule has 3 aromatic heterocycles. The van der Waals surface area contributed by atoms with Crippen LogP contribution in [0.2, 0.25) is 5.02 Å². The van der Waals surface area contributed by atoms with E-state index in [0.29, 0.717) is 28.5 Å². The van der Waals surface area contributed by atoms with Crippen molar-refractivity contribution in [3.8, 4) is 0 Å². The quantitative estimate of drug-likeness (QED) is 0.353. The lowest BCUT2D eigenvalue weighted by Crippen LogP contribution is -2.22. The minimum Gasteiger partial charge on any atom is -0.348 e. The maximum Gasteiger partial charge on any atom is 0.251 e. The third-order valence-corrected chi connectivity index (χ3v) is 5.36. The standard InChI is InChI=1S/C25H18ClN5O/c26-18-4-1-5-19(12-18)30-24-21-8-10-28-15-22(21)20-7-6-17(11-23(20)31-24)25(32)29-14-16-3-2-9-27-13-16/h1-13,15H,14H2,(H,29,32)(H,30,31). The van der Waals surface area contributed by atoms with Gasteiger partial charge in [0.15, 0.2) is 0 Å². The number of rotatable bonds is 5. The van der Waals surface area contributed by atoms with E-state index in [9.17, 15) is 4.79 Å². The van der Waals surface area contributed by atoms with Gasteiger partial charge in [0.25, 0.3) is 5.91 Å². The Balaban J connectivity index is 1.52. The molecule has 0 bridgehead atoms. The summed E-state index contributed by atoms with van der Waals surface area (Å²) in [5.41, 5.74) is 2.99. The number of benzene rings is 2. The third-order valence-electron chi connectivity index (χ3n) is 5.12. The second-order valence-corrected chi connectivity index (χ2v) is 7.73. The Labute approximate surface area is 189 Å². The summed E-state index contributed by atoms with van der Waals surface area (Å²) in [6.07, 6.45) is 6.98. The molecular weight excluding hydrogens is 422 g/mol. The summed E-state index contributed by atoms with van der Waals surface area (Å²) in [5.74, 6) is 0.498. The molecule has 0 radical (unpaired) electrons. The molecule has 0 atom stereocenters. The van der Waals surface area contributed by atoms with Gasteiger partial charge < -0.3 is 10.6 Å². The summed E-state index contributed by atoms with van der Waals surface area (Å²) in [6, 6.07) is 18.6. The van der Waals surface area contributed by atoms with Crippen molar-refractivity contribution in [2.75, 3.05) is 5.32 Å². The third kappa shape index (κ3) is 4.08. The van der Waals surface area contributed by atoms with Gasteiger partial charge in [-0.3, -0.25) is 14.8 Å². The first-order chi connectivity index (χ1) is 15.7. The van der Waals surface area contributed by atoms with Crippen molar-refractivity contribution in [3.05, 3.63) is 102 Å². The molecule has 0 spiro atoms. The van der Waals surface area contributed by atoms with Crippen molar-refractivity contribution < 1.29 is 4.79 Å². The predicted molar refractivity (Wildman–Crippen MR) is 127 cm³/mol. The highest BCUT2D eigenvalue weighted by Crippen LogP contribution is 2.31. The number of carbonyl (C=O) groups excluding carboxylic acids is 1. The van der Waals surface area contributed by atoms with E-state index in [2.05, 4.69) is 20.6 Å². The largest absolute Gasteiger partial charge is 0.348 e. The van der Waals surface area contributed by atoms with Crippen LogP contribution in [0.15, 0.2) is 85.5 Å². The van der Waals surface area contributed by atoms with Crippen molar-refractivity contribution in [3.63, 3.8) is 0 Å².